The van der Waals surface area contributed by atoms with E-state index in [4.69, 9.17) is 12.2 Å². The molecule has 132 valence electrons. The highest BCUT2D eigenvalue weighted by molar-refractivity contribution is 7.71. The number of rotatable bonds is 4. The van der Waals surface area contributed by atoms with Crippen LogP contribution in [0.3, 0.4) is 0 Å². The first kappa shape index (κ1) is 15.8. The van der Waals surface area contributed by atoms with E-state index in [1.165, 1.54) is 49.8 Å². The van der Waals surface area contributed by atoms with Crippen molar-refractivity contribution >= 4 is 12.2 Å². The van der Waals surface area contributed by atoms with Crippen molar-refractivity contribution in [1.82, 2.24) is 14.8 Å². The highest BCUT2D eigenvalue weighted by Gasteiger charge is 2.51. The van der Waals surface area contributed by atoms with Crippen molar-refractivity contribution in [1.29, 1.82) is 0 Å². The molecule has 0 unspecified atom stereocenters. The lowest BCUT2D eigenvalue weighted by molar-refractivity contribution is -0.0533. The lowest BCUT2D eigenvalue weighted by Gasteiger charge is -2.56. The maximum atomic E-state index is 5.62. The number of aromatic amines is 1. The van der Waals surface area contributed by atoms with Crippen LogP contribution in [-0.2, 0) is 12.8 Å². The molecule has 4 saturated carbocycles. The Hall–Kier alpha value is -1.42. The second-order valence-electron chi connectivity index (χ2n) is 8.86. The highest BCUT2D eigenvalue weighted by Crippen LogP contribution is 2.61. The molecule has 1 N–H and O–H groups in total. The molecule has 4 aliphatic carbocycles. The van der Waals surface area contributed by atoms with Crippen LogP contribution in [-0.4, -0.2) is 14.8 Å². The Balaban J connectivity index is 1.53. The van der Waals surface area contributed by atoms with Crippen molar-refractivity contribution in [3.8, 4) is 5.69 Å². The van der Waals surface area contributed by atoms with Gasteiger partial charge in [0.2, 0.25) is 0 Å². The fraction of sp³-hybridized carbons (Fsp3) is 0.619. The summed E-state index contributed by atoms with van der Waals surface area (Å²) in [5.74, 6) is 4.08. The van der Waals surface area contributed by atoms with Gasteiger partial charge in [-0.15, -0.1) is 0 Å². The molecule has 6 rings (SSSR count). The SMILES string of the molecule is CCc1ccccc1-n1c(CC23CC4CC(CC(C4)C2)C3)n[nH]c1=S. The summed E-state index contributed by atoms with van der Waals surface area (Å²) in [5.41, 5.74) is 3.03. The Morgan fingerprint density at radius 1 is 1.12 bits per heavy atom. The molecule has 0 atom stereocenters. The minimum absolute atomic E-state index is 0.481. The van der Waals surface area contributed by atoms with Gasteiger partial charge in [-0.05, 0) is 92.0 Å². The van der Waals surface area contributed by atoms with Crippen molar-refractivity contribution < 1.29 is 0 Å². The predicted molar refractivity (Wildman–Crippen MR) is 102 cm³/mol. The Labute approximate surface area is 154 Å². The number of benzene rings is 1. The van der Waals surface area contributed by atoms with Crippen molar-refractivity contribution in [2.75, 3.05) is 0 Å². The third-order valence-corrected chi connectivity index (χ3v) is 7.33. The molecule has 2 aromatic rings. The van der Waals surface area contributed by atoms with E-state index in [1.807, 2.05) is 0 Å². The largest absolute Gasteiger partial charge is 0.272 e. The summed E-state index contributed by atoms with van der Waals surface area (Å²) in [4.78, 5) is 0. The highest BCUT2D eigenvalue weighted by atomic mass is 32.1. The van der Waals surface area contributed by atoms with E-state index in [0.29, 0.717) is 5.41 Å². The molecule has 1 aromatic carbocycles. The number of hydrogen-bond donors (Lipinski definition) is 1. The van der Waals surface area contributed by atoms with Crippen LogP contribution < -0.4 is 0 Å². The number of aromatic nitrogens is 3. The number of nitrogens with one attached hydrogen (secondary N) is 1. The average molecular weight is 354 g/mol. The lowest BCUT2D eigenvalue weighted by Crippen LogP contribution is -2.47. The summed E-state index contributed by atoms with van der Waals surface area (Å²) in [6, 6.07) is 8.62. The summed E-state index contributed by atoms with van der Waals surface area (Å²) >= 11 is 5.62. The molecule has 0 spiro atoms. The third-order valence-electron chi connectivity index (χ3n) is 7.05. The Kier molecular flexibility index (Phi) is 3.67. The Morgan fingerprint density at radius 2 is 1.76 bits per heavy atom. The molecular formula is C21H27N3S. The van der Waals surface area contributed by atoms with E-state index < -0.39 is 0 Å². The maximum absolute atomic E-state index is 5.62. The normalized spacial score (nSPS) is 33.1. The summed E-state index contributed by atoms with van der Waals surface area (Å²) in [5, 5.41) is 7.77. The smallest absolute Gasteiger partial charge is 0.199 e. The van der Waals surface area contributed by atoms with E-state index in [2.05, 4.69) is 46.0 Å². The van der Waals surface area contributed by atoms with Crippen LogP contribution in [0.4, 0.5) is 0 Å². The van der Waals surface area contributed by atoms with Gasteiger partial charge < -0.3 is 0 Å². The molecule has 3 nitrogen and oxygen atoms in total. The van der Waals surface area contributed by atoms with Crippen LogP contribution in [0.5, 0.6) is 0 Å². The summed E-state index contributed by atoms with van der Waals surface area (Å²) in [7, 11) is 0. The van der Waals surface area contributed by atoms with Gasteiger partial charge in [0.15, 0.2) is 4.77 Å². The van der Waals surface area contributed by atoms with E-state index in [0.717, 1.165) is 41.2 Å². The molecular weight excluding hydrogens is 326 g/mol. The van der Waals surface area contributed by atoms with E-state index in [1.54, 1.807) is 0 Å². The molecule has 0 radical (unpaired) electrons. The number of aryl methyl sites for hydroxylation is 1. The fourth-order valence-corrected chi connectivity index (χ4v) is 6.82. The van der Waals surface area contributed by atoms with Gasteiger partial charge in [0.25, 0.3) is 0 Å². The van der Waals surface area contributed by atoms with Gasteiger partial charge in [-0.2, -0.15) is 5.10 Å². The van der Waals surface area contributed by atoms with Crippen LogP contribution >= 0.6 is 12.2 Å². The zero-order valence-corrected chi connectivity index (χ0v) is 15.8. The fourth-order valence-electron chi connectivity index (χ4n) is 6.57. The van der Waals surface area contributed by atoms with E-state index >= 15 is 0 Å². The van der Waals surface area contributed by atoms with Crippen molar-refractivity contribution in [2.45, 2.75) is 58.3 Å². The number of hydrogen-bond acceptors (Lipinski definition) is 2. The molecule has 25 heavy (non-hydrogen) atoms. The predicted octanol–water partition coefficient (Wildman–Crippen LogP) is 5.25. The van der Waals surface area contributed by atoms with E-state index in [-0.39, 0.29) is 0 Å². The Morgan fingerprint density at radius 3 is 2.40 bits per heavy atom. The van der Waals surface area contributed by atoms with Crippen LogP contribution in [0.2, 0.25) is 0 Å². The first-order chi connectivity index (χ1) is 12.2. The minimum atomic E-state index is 0.481. The maximum Gasteiger partial charge on any atom is 0.199 e. The molecule has 4 fully saturated rings. The van der Waals surface area contributed by atoms with Gasteiger partial charge in [-0.1, -0.05) is 25.1 Å². The molecule has 0 saturated heterocycles. The molecule has 4 bridgehead atoms. The van der Waals surface area contributed by atoms with E-state index in [9.17, 15) is 0 Å². The van der Waals surface area contributed by atoms with Crippen molar-refractivity contribution in [2.24, 2.45) is 23.2 Å². The minimum Gasteiger partial charge on any atom is -0.272 e. The molecule has 4 heteroatoms. The zero-order valence-electron chi connectivity index (χ0n) is 15.0. The van der Waals surface area contributed by atoms with Crippen LogP contribution in [0.15, 0.2) is 24.3 Å². The van der Waals surface area contributed by atoms with Crippen LogP contribution in [0, 0.1) is 27.9 Å². The summed E-state index contributed by atoms with van der Waals surface area (Å²) in [6.07, 6.45) is 10.8. The molecule has 1 aromatic heterocycles. The number of H-pyrrole nitrogens is 1. The first-order valence-corrected chi connectivity index (χ1v) is 10.3. The Bertz CT molecular complexity index is 812. The third kappa shape index (κ3) is 2.61. The number of nitrogens with zero attached hydrogens (tertiary/aromatic N) is 2. The van der Waals surface area contributed by atoms with Crippen molar-refractivity contribution in [3.63, 3.8) is 0 Å². The average Bonchev–Trinajstić information content (AvgIpc) is 2.93. The van der Waals surface area contributed by atoms with Gasteiger partial charge in [-0.3, -0.25) is 9.67 Å². The van der Waals surface area contributed by atoms with Gasteiger partial charge in [-0.25, -0.2) is 0 Å². The zero-order chi connectivity index (χ0) is 17.0. The molecule has 0 amide bonds. The van der Waals surface area contributed by atoms with Gasteiger partial charge >= 0.3 is 0 Å². The van der Waals surface area contributed by atoms with Gasteiger partial charge in [0.05, 0.1) is 5.69 Å². The lowest BCUT2D eigenvalue weighted by atomic mass is 9.49. The summed E-state index contributed by atoms with van der Waals surface area (Å²) in [6.45, 7) is 2.21. The standard InChI is InChI=1S/C21H27N3S/c1-2-17-5-3-4-6-18(17)24-19(22-23-20(24)25)13-21-10-14-7-15(11-21)9-16(8-14)12-21/h3-6,14-16H,2,7-13H2,1H3,(H,23,25). The topological polar surface area (TPSA) is 33.6 Å². The van der Waals surface area contributed by atoms with Crippen LogP contribution in [0.1, 0.15) is 56.8 Å². The van der Waals surface area contributed by atoms with Gasteiger partial charge in [0, 0.05) is 6.42 Å². The second-order valence-corrected chi connectivity index (χ2v) is 9.24. The first-order valence-electron chi connectivity index (χ1n) is 9.90. The van der Waals surface area contributed by atoms with Gasteiger partial charge in [0.1, 0.15) is 5.82 Å². The quantitative estimate of drug-likeness (QED) is 0.762. The van der Waals surface area contributed by atoms with Crippen LogP contribution in [0.25, 0.3) is 5.69 Å². The molecule has 1 heterocycles. The molecule has 4 aliphatic rings. The second kappa shape index (κ2) is 5.80. The molecule has 0 aliphatic heterocycles. The van der Waals surface area contributed by atoms with Crippen molar-refractivity contribution in [3.05, 3.63) is 40.4 Å². The number of para-hydroxylation sites is 1. The monoisotopic (exact) mass is 353 g/mol. The summed E-state index contributed by atoms with van der Waals surface area (Å²) < 4.78 is 2.95.